The van der Waals surface area contributed by atoms with Crippen LogP contribution in [0.5, 0.6) is 0 Å². The van der Waals surface area contributed by atoms with Gasteiger partial charge in [0.2, 0.25) is 0 Å². The molecule has 0 heterocycles. The van der Waals surface area contributed by atoms with Gasteiger partial charge < -0.3 is 5.73 Å². The molecule has 0 amide bonds. The molecule has 1 heteroatoms. The molecule has 0 aromatic rings. The average molecular weight is 209 g/mol. The minimum absolute atomic E-state index is 0.794. The van der Waals surface area contributed by atoms with Crippen molar-refractivity contribution in [2.45, 2.75) is 59.3 Å². The van der Waals surface area contributed by atoms with Crippen LogP contribution in [0.1, 0.15) is 59.3 Å². The van der Waals surface area contributed by atoms with E-state index in [2.05, 4.69) is 19.9 Å². The second-order valence-electron chi connectivity index (χ2n) is 4.38. The molecule has 0 bridgehead atoms. The summed E-state index contributed by atoms with van der Waals surface area (Å²) < 4.78 is 0. The van der Waals surface area contributed by atoms with Crippen LogP contribution in [0.15, 0.2) is 23.9 Å². The highest BCUT2D eigenvalue weighted by Crippen LogP contribution is 2.14. The maximum atomic E-state index is 5.67. The number of unbranched alkanes of at least 4 members (excludes halogenated alkanes) is 3. The van der Waals surface area contributed by atoms with Gasteiger partial charge in [-0.3, -0.25) is 0 Å². The largest absolute Gasteiger partial charge is 0.399 e. The summed E-state index contributed by atoms with van der Waals surface area (Å²) in [6, 6.07) is 0. The zero-order valence-corrected chi connectivity index (χ0v) is 10.6. The quantitative estimate of drug-likeness (QED) is 0.465. The minimum atomic E-state index is 0.794. The van der Waals surface area contributed by atoms with Crippen LogP contribution in [0, 0.1) is 5.92 Å². The molecule has 0 aliphatic heterocycles. The Kier molecular flexibility index (Phi) is 9.35. The van der Waals surface area contributed by atoms with E-state index >= 15 is 0 Å². The molecular weight excluding hydrogens is 182 g/mol. The Morgan fingerprint density at radius 2 is 2.00 bits per heavy atom. The number of allylic oxidation sites excluding steroid dienone is 3. The highest BCUT2D eigenvalue weighted by atomic mass is 14.5. The Morgan fingerprint density at radius 3 is 2.60 bits per heavy atom. The first-order valence-corrected chi connectivity index (χ1v) is 6.29. The normalized spacial score (nSPS) is 14.7. The van der Waals surface area contributed by atoms with Crippen molar-refractivity contribution in [3.8, 4) is 0 Å². The van der Waals surface area contributed by atoms with Crippen molar-refractivity contribution in [2.24, 2.45) is 11.7 Å². The number of nitrogens with two attached hydrogens (primary N) is 1. The van der Waals surface area contributed by atoms with Crippen molar-refractivity contribution in [1.82, 2.24) is 0 Å². The third kappa shape index (κ3) is 9.58. The maximum Gasteiger partial charge on any atom is 0.0267 e. The average Bonchev–Trinajstić information content (AvgIpc) is 2.24. The molecule has 0 radical (unpaired) electrons. The summed E-state index contributed by atoms with van der Waals surface area (Å²) >= 11 is 0. The van der Waals surface area contributed by atoms with Crippen molar-refractivity contribution in [2.75, 3.05) is 0 Å². The second kappa shape index (κ2) is 9.82. The molecular formula is C14H27N. The van der Waals surface area contributed by atoms with Crippen LogP contribution in [0.3, 0.4) is 0 Å². The molecule has 0 spiro atoms. The fourth-order valence-electron chi connectivity index (χ4n) is 1.57. The van der Waals surface area contributed by atoms with Gasteiger partial charge in [-0.25, -0.2) is 0 Å². The topological polar surface area (TPSA) is 26.0 Å². The summed E-state index contributed by atoms with van der Waals surface area (Å²) in [6.45, 7) is 6.54. The van der Waals surface area contributed by atoms with Crippen LogP contribution < -0.4 is 5.73 Å². The van der Waals surface area contributed by atoms with Crippen molar-refractivity contribution in [3.05, 3.63) is 23.9 Å². The standard InChI is InChI=1S/C14H27N/c1-4-6-7-8-10-13(3)11-9-12-14(15)5-2/h5,9,12-13H,4,6-8,10-11,15H2,1-3H3/b12-9-,14-5+. The predicted octanol–water partition coefficient (Wildman–Crippen LogP) is 4.40. The van der Waals surface area contributed by atoms with Gasteiger partial charge in [0.15, 0.2) is 0 Å². The lowest BCUT2D eigenvalue weighted by atomic mass is 9.99. The monoisotopic (exact) mass is 209 g/mol. The molecule has 0 saturated carbocycles. The Morgan fingerprint density at radius 1 is 1.27 bits per heavy atom. The summed E-state index contributed by atoms with van der Waals surface area (Å²) in [6.07, 6.45) is 14.1. The smallest absolute Gasteiger partial charge is 0.0267 e. The molecule has 88 valence electrons. The molecule has 15 heavy (non-hydrogen) atoms. The Bertz CT molecular complexity index is 192. The third-order valence-electron chi connectivity index (χ3n) is 2.73. The van der Waals surface area contributed by atoms with Crippen molar-refractivity contribution < 1.29 is 0 Å². The first-order chi connectivity index (χ1) is 7.20. The van der Waals surface area contributed by atoms with E-state index in [1.165, 1.54) is 32.1 Å². The van der Waals surface area contributed by atoms with E-state index in [-0.39, 0.29) is 0 Å². The molecule has 0 fully saturated rings. The third-order valence-corrected chi connectivity index (χ3v) is 2.73. The molecule has 1 unspecified atom stereocenters. The van der Waals surface area contributed by atoms with E-state index in [0.717, 1.165) is 18.0 Å². The Hall–Kier alpha value is -0.720. The van der Waals surface area contributed by atoms with Crippen molar-refractivity contribution >= 4 is 0 Å². The SMILES string of the molecule is C/C=C(N)\C=C/CC(C)CCCCCC. The molecule has 0 aliphatic carbocycles. The minimum Gasteiger partial charge on any atom is -0.399 e. The predicted molar refractivity (Wildman–Crippen MR) is 69.6 cm³/mol. The van der Waals surface area contributed by atoms with Gasteiger partial charge in [0.1, 0.15) is 0 Å². The summed E-state index contributed by atoms with van der Waals surface area (Å²) in [4.78, 5) is 0. The summed E-state index contributed by atoms with van der Waals surface area (Å²) in [5.74, 6) is 0.794. The van der Waals surface area contributed by atoms with Gasteiger partial charge in [-0.2, -0.15) is 0 Å². The first kappa shape index (κ1) is 14.3. The summed E-state index contributed by atoms with van der Waals surface area (Å²) in [5, 5.41) is 0. The highest BCUT2D eigenvalue weighted by molar-refractivity contribution is 5.13. The van der Waals surface area contributed by atoms with Crippen LogP contribution in [0.4, 0.5) is 0 Å². The van der Waals surface area contributed by atoms with Crippen LogP contribution in [-0.2, 0) is 0 Å². The highest BCUT2D eigenvalue weighted by Gasteiger charge is 1.98. The lowest BCUT2D eigenvalue weighted by molar-refractivity contribution is 0.494. The number of hydrogen-bond donors (Lipinski definition) is 1. The fourth-order valence-corrected chi connectivity index (χ4v) is 1.57. The van der Waals surface area contributed by atoms with Gasteiger partial charge in [0.05, 0.1) is 0 Å². The fraction of sp³-hybridized carbons (Fsp3) is 0.714. The molecule has 0 rings (SSSR count). The molecule has 0 aromatic heterocycles. The van der Waals surface area contributed by atoms with E-state index in [0.29, 0.717) is 0 Å². The second-order valence-corrected chi connectivity index (χ2v) is 4.38. The molecule has 1 atom stereocenters. The zero-order valence-electron chi connectivity index (χ0n) is 10.6. The van der Waals surface area contributed by atoms with Crippen LogP contribution in [0.2, 0.25) is 0 Å². The van der Waals surface area contributed by atoms with E-state index in [4.69, 9.17) is 5.73 Å². The number of hydrogen-bond acceptors (Lipinski definition) is 1. The van der Waals surface area contributed by atoms with Gasteiger partial charge in [0.25, 0.3) is 0 Å². The van der Waals surface area contributed by atoms with Gasteiger partial charge in [-0.15, -0.1) is 0 Å². The van der Waals surface area contributed by atoms with Crippen molar-refractivity contribution in [3.63, 3.8) is 0 Å². The molecule has 1 nitrogen and oxygen atoms in total. The molecule has 0 aromatic carbocycles. The molecule has 0 aliphatic rings. The summed E-state index contributed by atoms with van der Waals surface area (Å²) in [5.41, 5.74) is 6.54. The lowest BCUT2D eigenvalue weighted by Gasteiger charge is -2.07. The van der Waals surface area contributed by atoms with E-state index in [1.54, 1.807) is 0 Å². The lowest BCUT2D eigenvalue weighted by Crippen LogP contribution is -1.94. The Labute approximate surface area is 95.4 Å². The molecule has 2 N–H and O–H groups in total. The van der Waals surface area contributed by atoms with E-state index in [9.17, 15) is 0 Å². The summed E-state index contributed by atoms with van der Waals surface area (Å²) in [7, 11) is 0. The van der Waals surface area contributed by atoms with E-state index < -0.39 is 0 Å². The first-order valence-electron chi connectivity index (χ1n) is 6.29. The maximum absolute atomic E-state index is 5.67. The van der Waals surface area contributed by atoms with Gasteiger partial charge in [0, 0.05) is 5.70 Å². The number of rotatable bonds is 8. The van der Waals surface area contributed by atoms with Crippen LogP contribution >= 0.6 is 0 Å². The zero-order chi connectivity index (χ0) is 11.5. The van der Waals surface area contributed by atoms with Gasteiger partial charge in [-0.1, -0.05) is 58.1 Å². The van der Waals surface area contributed by atoms with E-state index in [1.807, 2.05) is 19.1 Å². The van der Waals surface area contributed by atoms with Crippen molar-refractivity contribution in [1.29, 1.82) is 0 Å². The Balaban J connectivity index is 3.48. The van der Waals surface area contributed by atoms with Crippen LogP contribution in [-0.4, -0.2) is 0 Å². The van der Waals surface area contributed by atoms with Crippen LogP contribution in [0.25, 0.3) is 0 Å². The van der Waals surface area contributed by atoms with Gasteiger partial charge >= 0.3 is 0 Å². The van der Waals surface area contributed by atoms with Gasteiger partial charge in [-0.05, 0) is 25.3 Å². The molecule has 0 saturated heterocycles.